The molecule has 0 saturated carbocycles. The van der Waals surface area contributed by atoms with Crippen molar-refractivity contribution in [3.63, 3.8) is 0 Å². The summed E-state index contributed by atoms with van der Waals surface area (Å²) in [6.07, 6.45) is 0.761. The van der Waals surface area contributed by atoms with E-state index in [1.807, 2.05) is 24.3 Å². The first kappa shape index (κ1) is 28.5. The van der Waals surface area contributed by atoms with E-state index in [1.54, 1.807) is 97.1 Å². The van der Waals surface area contributed by atoms with Crippen LogP contribution in [0.25, 0.3) is 0 Å². The fourth-order valence-electron chi connectivity index (χ4n) is 3.45. The molecule has 0 N–H and O–H groups in total. The van der Waals surface area contributed by atoms with Gasteiger partial charge in [0.05, 0.1) is 0 Å². The predicted molar refractivity (Wildman–Crippen MR) is 147 cm³/mol. The van der Waals surface area contributed by atoms with Gasteiger partial charge >= 0.3 is 236 Å². The topological polar surface area (TPSA) is 71.1 Å². The van der Waals surface area contributed by atoms with Crippen molar-refractivity contribution in [3.05, 3.63) is 121 Å². The third-order valence-electron chi connectivity index (χ3n) is 5.19. The Morgan fingerprint density at radius 3 is 1.26 bits per heavy atom. The van der Waals surface area contributed by atoms with E-state index in [0.29, 0.717) is 35.8 Å². The molecule has 0 bridgehead atoms. The Labute approximate surface area is 235 Å². The van der Waals surface area contributed by atoms with Gasteiger partial charge in [-0.3, -0.25) is 0 Å². The van der Waals surface area contributed by atoms with Crippen LogP contribution >= 0.6 is 24.7 Å². The number of para-hydroxylation sites is 4. The summed E-state index contributed by atoms with van der Waals surface area (Å²) in [4.78, 5) is 0. The summed E-state index contributed by atoms with van der Waals surface area (Å²) in [5, 5.41) is 0. The van der Waals surface area contributed by atoms with Crippen LogP contribution in [0, 0.1) is 0 Å². The summed E-state index contributed by atoms with van der Waals surface area (Å²) in [5.74, 6) is 1.71. The zero-order valence-electron chi connectivity index (χ0n) is 20.3. The molecule has 0 amide bonds. The summed E-state index contributed by atoms with van der Waals surface area (Å²) >= 11 is -0.494. The fourth-order valence-corrected chi connectivity index (χ4v) is 10.1. The Hall–Kier alpha value is -2.51. The standard InChI is InChI=1S/C28H27O6P2.ClH.Pd/c29-35(31-25-15-5-1-6-16-25,32-26-17-7-2-8-18-26)23-13-14-24-36(30,33-27-19-9-3-10-20-27)34-28-21-11-4-12-22-28;;/h1-12,15-23H,13-14,24H2;1H;/q;;+1/p-1. The Bertz CT molecular complexity index is 1260. The van der Waals surface area contributed by atoms with Gasteiger partial charge in [0.25, 0.3) is 0 Å². The molecule has 10 heteroatoms. The average Bonchev–Trinajstić information content (AvgIpc) is 2.93. The van der Waals surface area contributed by atoms with E-state index in [2.05, 4.69) is 0 Å². The molecule has 0 saturated heterocycles. The van der Waals surface area contributed by atoms with Gasteiger partial charge in [-0.05, 0) is 0 Å². The molecular formula is C28H27ClO6P2Pd. The van der Waals surface area contributed by atoms with Gasteiger partial charge in [-0.2, -0.15) is 0 Å². The number of hydrogen-bond donors (Lipinski definition) is 0. The summed E-state index contributed by atoms with van der Waals surface area (Å²) in [5.41, 5.74) is 0. The van der Waals surface area contributed by atoms with E-state index in [9.17, 15) is 9.13 Å². The van der Waals surface area contributed by atoms with Crippen LogP contribution in [0.1, 0.15) is 12.8 Å². The average molecular weight is 663 g/mol. The number of halogens is 1. The monoisotopic (exact) mass is 662 g/mol. The normalized spacial score (nSPS) is 12.4. The molecule has 1 unspecified atom stereocenters. The van der Waals surface area contributed by atoms with Crippen molar-refractivity contribution in [2.24, 2.45) is 0 Å². The first-order chi connectivity index (χ1) is 18.5. The minimum absolute atomic E-state index is 0.0783. The maximum atomic E-state index is 14.2. The Kier molecular flexibility index (Phi) is 10.5. The molecule has 0 aliphatic carbocycles. The summed E-state index contributed by atoms with van der Waals surface area (Å²) < 4.78 is 51.1. The van der Waals surface area contributed by atoms with Crippen LogP contribution in [0.3, 0.4) is 0 Å². The molecule has 38 heavy (non-hydrogen) atoms. The zero-order chi connectivity index (χ0) is 26.7. The molecular weight excluding hydrogens is 636 g/mol. The van der Waals surface area contributed by atoms with Crippen molar-refractivity contribution in [1.29, 1.82) is 0 Å². The van der Waals surface area contributed by atoms with E-state index >= 15 is 0 Å². The van der Waals surface area contributed by atoms with Crippen molar-refractivity contribution >= 4 is 24.7 Å². The first-order valence-electron chi connectivity index (χ1n) is 11.8. The van der Waals surface area contributed by atoms with E-state index < -0.39 is 36.3 Å². The molecule has 0 radical (unpaired) electrons. The third-order valence-corrected chi connectivity index (χ3v) is 13.2. The number of benzene rings is 4. The van der Waals surface area contributed by atoms with Gasteiger partial charge < -0.3 is 0 Å². The van der Waals surface area contributed by atoms with Gasteiger partial charge in [0.2, 0.25) is 0 Å². The molecule has 202 valence electrons. The zero-order valence-corrected chi connectivity index (χ0v) is 24.4. The first-order valence-corrected chi connectivity index (χ1v) is 18.1. The number of rotatable bonds is 14. The second kappa shape index (κ2) is 14.0. The minimum atomic E-state index is -3.77. The number of hydrogen-bond acceptors (Lipinski definition) is 6. The second-order valence-corrected chi connectivity index (χ2v) is 15.1. The van der Waals surface area contributed by atoms with Crippen LogP contribution in [0.4, 0.5) is 0 Å². The SMILES string of the molecule is O=P(CCC[CH]([Pd][Cl])P(=O)(Oc1ccccc1)Oc1ccccc1)(Oc1ccccc1)Oc1ccccc1. The molecule has 0 heterocycles. The molecule has 1 atom stereocenters. The van der Waals surface area contributed by atoms with Gasteiger partial charge in [0.1, 0.15) is 0 Å². The quantitative estimate of drug-likeness (QED) is 0.0991. The third kappa shape index (κ3) is 8.50. The van der Waals surface area contributed by atoms with Crippen LogP contribution in [0.15, 0.2) is 121 Å². The van der Waals surface area contributed by atoms with Crippen molar-refractivity contribution in [2.75, 3.05) is 6.16 Å². The molecule has 4 aromatic rings. The molecule has 0 aliphatic heterocycles. The second-order valence-electron chi connectivity index (χ2n) is 8.10. The van der Waals surface area contributed by atoms with E-state index in [-0.39, 0.29) is 6.16 Å². The molecule has 6 nitrogen and oxygen atoms in total. The Morgan fingerprint density at radius 1 is 0.579 bits per heavy atom. The van der Waals surface area contributed by atoms with Crippen LogP contribution in [-0.2, 0) is 26.1 Å². The van der Waals surface area contributed by atoms with Crippen LogP contribution < -0.4 is 18.1 Å². The van der Waals surface area contributed by atoms with E-state index in [0.717, 1.165) is 0 Å². The van der Waals surface area contributed by atoms with E-state index in [4.69, 9.17) is 27.6 Å². The van der Waals surface area contributed by atoms with Gasteiger partial charge in [-0.25, -0.2) is 0 Å². The van der Waals surface area contributed by atoms with Crippen molar-refractivity contribution in [3.8, 4) is 23.0 Å². The molecule has 0 aromatic heterocycles. The van der Waals surface area contributed by atoms with Crippen molar-refractivity contribution < 1.29 is 44.2 Å². The Morgan fingerprint density at radius 2 is 0.921 bits per heavy atom. The maximum absolute atomic E-state index is 14.2. The van der Waals surface area contributed by atoms with Gasteiger partial charge in [-0.1, -0.05) is 0 Å². The van der Waals surface area contributed by atoms with Crippen molar-refractivity contribution in [2.45, 2.75) is 17.0 Å². The Balaban J connectivity index is 1.52. The van der Waals surface area contributed by atoms with Crippen LogP contribution in [0.5, 0.6) is 23.0 Å². The fraction of sp³-hybridized carbons (Fsp3) is 0.143. The van der Waals surface area contributed by atoms with E-state index in [1.165, 1.54) is 0 Å². The summed E-state index contributed by atoms with van der Waals surface area (Å²) in [7, 11) is -1.01. The predicted octanol–water partition coefficient (Wildman–Crippen LogP) is 9.03. The molecule has 0 spiro atoms. The van der Waals surface area contributed by atoms with Gasteiger partial charge in [-0.15, -0.1) is 0 Å². The van der Waals surface area contributed by atoms with Gasteiger partial charge in [0, 0.05) is 0 Å². The van der Waals surface area contributed by atoms with Crippen LogP contribution in [-0.4, -0.2) is 10.3 Å². The van der Waals surface area contributed by atoms with Crippen LogP contribution in [0.2, 0.25) is 0 Å². The molecule has 0 fully saturated rings. The summed E-state index contributed by atoms with van der Waals surface area (Å²) in [6, 6.07) is 35.5. The van der Waals surface area contributed by atoms with Gasteiger partial charge in [0.15, 0.2) is 0 Å². The molecule has 4 aromatic carbocycles. The molecule has 4 rings (SSSR count). The van der Waals surface area contributed by atoms with Crippen molar-refractivity contribution in [1.82, 2.24) is 0 Å². The molecule has 0 aliphatic rings. The summed E-state index contributed by atoms with van der Waals surface area (Å²) in [6.45, 7) is 0.